The predicted molar refractivity (Wildman–Crippen MR) is 62.8 cm³/mol. The molecule has 5 nitrogen and oxygen atoms in total. The van der Waals surface area contributed by atoms with Gasteiger partial charge < -0.3 is 4.74 Å². The normalized spacial score (nSPS) is 24.4. The fourth-order valence-electron chi connectivity index (χ4n) is 2.02. The van der Waals surface area contributed by atoms with Gasteiger partial charge in [-0.05, 0) is 19.8 Å². The minimum absolute atomic E-state index is 0.00319. The zero-order valence-electron chi connectivity index (χ0n) is 10.4. The van der Waals surface area contributed by atoms with Crippen molar-refractivity contribution >= 4 is 5.97 Å². The topological polar surface area (TPSA) is 69.4 Å². The van der Waals surface area contributed by atoms with Crippen molar-refractivity contribution in [2.75, 3.05) is 0 Å². The maximum absolute atomic E-state index is 11.0. The first-order valence-corrected chi connectivity index (χ1v) is 5.49. The average Bonchev–Trinajstić information content (AvgIpc) is 2.19. The molecule has 1 aliphatic rings. The summed E-state index contributed by atoms with van der Waals surface area (Å²) in [5.74, 6) is -0.00860. The van der Waals surface area contributed by atoms with Gasteiger partial charge in [0.1, 0.15) is 5.76 Å². The standard InChI is InChI=1S/C12H17NO4/c1-7(2)10-5-11(13(15)16)8(3)12(6-10)17-9(4)14/h10-11H,1,5-6H2,2-4H3/t10-,11-/m0/s1. The lowest BCUT2D eigenvalue weighted by molar-refractivity contribution is -0.515. The molecule has 0 heterocycles. The van der Waals surface area contributed by atoms with Crippen LogP contribution in [0.25, 0.3) is 0 Å². The molecule has 1 rings (SSSR count). The van der Waals surface area contributed by atoms with Crippen LogP contribution in [0.15, 0.2) is 23.5 Å². The highest BCUT2D eigenvalue weighted by atomic mass is 16.6. The van der Waals surface area contributed by atoms with Crippen LogP contribution in [-0.2, 0) is 9.53 Å². The summed E-state index contributed by atoms with van der Waals surface area (Å²) in [6, 6.07) is -0.778. The van der Waals surface area contributed by atoms with E-state index in [1.54, 1.807) is 6.92 Å². The third-order valence-electron chi connectivity index (χ3n) is 3.10. The zero-order valence-corrected chi connectivity index (χ0v) is 10.4. The fourth-order valence-corrected chi connectivity index (χ4v) is 2.02. The smallest absolute Gasteiger partial charge is 0.307 e. The van der Waals surface area contributed by atoms with Crippen LogP contribution < -0.4 is 0 Å². The number of carbonyl (C=O) groups is 1. The van der Waals surface area contributed by atoms with Crippen molar-refractivity contribution in [3.05, 3.63) is 33.6 Å². The van der Waals surface area contributed by atoms with Crippen LogP contribution in [0, 0.1) is 16.0 Å². The van der Waals surface area contributed by atoms with Crippen LogP contribution in [-0.4, -0.2) is 16.9 Å². The van der Waals surface area contributed by atoms with Crippen LogP contribution >= 0.6 is 0 Å². The van der Waals surface area contributed by atoms with E-state index in [1.807, 2.05) is 6.92 Å². The summed E-state index contributed by atoms with van der Waals surface area (Å²) in [4.78, 5) is 21.6. The van der Waals surface area contributed by atoms with Crippen molar-refractivity contribution in [2.45, 2.75) is 39.7 Å². The molecule has 0 unspecified atom stereocenters. The Morgan fingerprint density at radius 3 is 2.53 bits per heavy atom. The molecule has 0 radical (unpaired) electrons. The second-order valence-electron chi connectivity index (χ2n) is 4.48. The van der Waals surface area contributed by atoms with Gasteiger partial charge >= 0.3 is 5.97 Å². The highest BCUT2D eigenvalue weighted by Crippen LogP contribution is 2.35. The first kappa shape index (κ1) is 13.4. The molecule has 0 spiro atoms. The van der Waals surface area contributed by atoms with E-state index in [0.29, 0.717) is 24.2 Å². The Morgan fingerprint density at radius 2 is 2.12 bits per heavy atom. The number of rotatable bonds is 3. The monoisotopic (exact) mass is 239 g/mol. The number of esters is 1. The third kappa shape index (κ3) is 3.15. The Balaban J connectivity index is 3.04. The summed E-state index contributed by atoms with van der Waals surface area (Å²) >= 11 is 0. The van der Waals surface area contributed by atoms with E-state index in [4.69, 9.17) is 4.74 Å². The first-order valence-electron chi connectivity index (χ1n) is 5.49. The van der Waals surface area contributed by atoms with Gasteiger partial charge in [-0.1, -0.05) is 12.2 Å². The molecule has 0 fully saturated rings. The largest absolute Gasteiger partial charge is 0.431 e. The molecule has 0 amide bonds. The molecule has 0 N–H and O–H groups in total. The molecule has 2 atom stereocenters. The van der Waals surface area contributed by atoms with Crippen molar-refractivity contribution < 1.29 is 14.5 Å². The van der Waals surface area contributed by atoms with Crippen molar-refractivity contribution in [1.29, 1.82) is 0 Å². The quantitative estimate of drug-likeness (QED) is 0.328. The SMILES string of the molecule is C=C(C)[C@@H]1CC(OC(C)=O)=C(C)[C@@H]([N+](=O)[O-])C1. The Morgan fingerprint density at radius 1 is 1.53 bits per heavy atom. The summed E-state index contributed by atoms with van der Waals surface area (Å²) in [6.07, 6.45) is 0.948. The minimum atomic E-state index is -0.778. The average molecular weight is 239 g/mol. The zero-order chi connectivity index (χ0) is 13.2. The Kier molecular flexibility index (Phi) is 4.04. The molecular formula is C12H17NO4. The van der Waals surface area contributed by atoms with Crippen LogP contribution in [0.5, 0.6) is 0 Å². The van der Waals surface area contributed by atoms with Gasteiger partial charge in [-0.25, -0.2) is 0 Å². The summed E-state index contributed by atoms with van der Waals surface area (Å²) in [6.45, 7) is 8.62. The summed E-state index contributed by atoms with van der Waals surface area (Å²) in [7, 11) is 0. The van der Waals surface area contributed by atoms with Gasteiger partial charge in [0.2, 0.25) is 6.04 Å². The lowest BCUT2D eigenvalue weighted by atomic mass is 9.82. The fraction of sp³-hybridized carbons (Fsp3) is 0.583. The lowest BCUT2D eigenvalue weighted by Gasteiger charge is -2.27. The number of hydrogen-bond donors (Lipinski definition) is 0. The van der Waals surface area contributed by atoms with Gasteiger partial charge in [-0.3, -0.25) is 14.9 Å². The van der Waals surface area contributed by atoms with Crippen LogP contribution in [0.1, 0.15) is 33.6 Å². The van der Waals surface area contributed by atoms with E-state index in [0.717, 1.165) is 5.57 Å². The molecule has 1 aliphatic carbocycles. The van der Waals surface area contributed by atoms with Gasteiger partial charge in [-0.2, -0.15) is 0 Å². The van der Waals surface area contributed by atoms with E-state index < -0.39 is 12.0 Å². The summed E-state index contributed by atoms with van der Waals surface area (Å²) in [5, 5.41) is 11.0. The molecule has 0 saturated carbocycles. The lowest BCUT2D eigenvalue weighted by Crippen LogP contribution is -2.31. The molecule has 0 bridgehead atoms. The van der Waals surface area contributed by atoms with E-state index >= 15 is 0 Å². The highest BCUT2D eigenvalue weighted by molar-refractivity contribution is 5.67. The number of hydrogen-bond acceptors (Lipinski definition) is 4. The van der Waals surface area contributed by atoms with E-state index in [2.05, 4.69) is 6.58 Å². The Bertz CT molecular complexity index is 397. The van der Waals surface area contributed by atoms with Gasteiger partial charge in [0, 0.05) is 30.3 Å². The van der Waals surface area contributed by atoms with E-state index in [-0.39, 0.29) is 10.8 Å². The minimum Gasteiger partial charge on any atom is -0.431 e. The maximum atomic E-state index is 11.0. The van der Waals surface area contributed by atoms with Gasteiger partial charge in [0.25, 0.3) is 0 Å². The summed E-state index contributed by atoms with van der Waals surface area (Å²) < 4.78 is 5.06. The predicted octanol–water partition coefficient (Wildman–Crippen LogP) is 2.45. The molecule has 0 aliphatic heterocycles. The molecule has 5 heteroatoms. The van der Waals surface area contributed by atoms with Gasteiger partial charge in [0.15, 0.2) is 0 Å². The summed E-state index contributed by atoms with van der Waals surface area (Å²) in [5.41, 5.74) is 1.43. The van der Waals surface area contributed by atoms with Crippen molar-refractivity contribution in [3.63, 3.8) is 0 Å². The number of nitro groups is 1. The van der Waals surface area contributed by atoms with Crippen LogP contribution in [0.2, 0.25) is 0 Å². The van der Waals surface area contributed by atoms with E-state index in [1.165, 1.54) is 6.92 Å². The molecular weight excluding hydrogens is 222 g/mol. The number of allylic oxidation sites excluding steroid dienone is 2. The molecule has 0 aromatic heterocycles. The number of ether oxygens (including phenoxy) is 1. The highest BCUT2D eigenvalue weighted by Gasteiger charge is 2.36. The van der Waals surface area contributed by atoms with Crippen molar-refractivity contribution in [3.8, 4) is 0 Å². The Hall–Kier alpha value is -1.65. The molecule has 0 aromatic carbocycles. The van der Waals surface area contributed by atoms with Gasteiger partial charge in [-0.15, -0.1) is 0 Å². The second-order valence-corrected chi connectivity index (χ2v) is 4.48. The second kappa shape index (κ2) is 5.12. The molecule has 0 aromatic rings. The van der Waals surface area contributed by atoms with Crippen LogP contribution in [0.4, 0.5) is 0 Å². The molecule has 17 heavy (non-hydrogen) atoms. The Labute approximate surface area is 100 Å². The first-order chi connectivity index (χ1) is 7.82. The van der Waals surface area contributed by atoms with Gasteiger partial charge in [0.05, 0.1) is 0 Å². The molecule has 94 valence electrons. The van der Waals surface area contributed by atoms with E-state index in [9.17, 15) is 14.9 Å². The third-order valence-corrected chi connectivity index (χ3v) is 3.10. The maximum Gasteiger partial charge on any atom is 0.307 e. The number of nitrogens with zero attached hydrogens (tertiary/aromatic N) is 1. The molecule has 0 saturated heterocycles. The van der Waals surface area contributed by atoms with Crippen LogP contribution in [0.3, 0.4) is 0 Å². The van der Waals surface area contributed by atoms with Crippen molar-refractivity contribution in [1.82, 2.24) is 0 Å². The van der Waals surface area contributed by atoms with Crippen molar-refractivity contribution in [2.24, 2.45) is 5.92 Å². The number of carbonyl (C=O) groups excluding carboxylic acids is 1.